The molecule has 0 fully saturated rings. The summed E-state index contributed by atoms with van der Waals surface area (Å²) >= 11 is 1.76. The summed E-state index contributed by atoms with van der Waals surface area (Å²) in [6.45, 7) is 2.48. The largest absolute Gasteiger partial charge is 0.493 e. The number of rotatable bonds is 8. The highest BCUT2D eigenvalue weighted by molar-refractivity contribution is 7.98. The van der Waals surface area contributed by atoms with E-state index in [1.165, 1.54) is 0 Å². The Morgan fingerprint density at radius 1 is 1.50 bits per heavy atom. The van der Waals surface area contributed by atoms with E-state index >= 15 is 0 Å². The van der Waals surface area contributed by atoms with Crippen molar-refractivity contribution >= 4 is 23.4 Å². The minimum Gasteiger partial charge on any atom is -0.493 e. The summed E-state index contributed by atoms with van der Waals surface area (Å²) in [5.41, 5.74) is 6.34. The fraction of sp³-hybridized carbons (Fsp3) is 0.533. The first-order valence-corrected chi connectivity index (χ1v) is 8.20. The molecule has 0 heterocycles. The van der Waals surface area contributed by atoms with Gasteiger partial charge >= 0.3 is 0 Å². The zero-order chi connectivity index (χ0) is 15.0. The van der Waals surface area contributed by atoms with E-state index in [1.54, 1.807) is 23.9 Å². The Labute approximate surface area is 125 Å². The lowest BCUT2D eigenvalue weighted by Crippen LogP contribution is -2.38. The maximum absolute atomic E-state index is 12.1. The molecule has 1 unspecified atom stereocenters. The molecule has 0 aliphatic carbocycles. The van der Waals surface area contributed by atoms with Gasteiger partial charge in [-0.2, -0.15) is 11.8 Å². The molecule has 0 saturated heterocycles. The first-order valence-electron chi connectivity index (χ1n) is 6.81. The van der Waals surface area contributed by atoms with Crippen LogP contribution in [0, 0.1) is 0 Å². The normalized spacial score (nSPS) is 11.9. The number of thioether (sulfide) groups is 1. The molecule has 2 N–H and O–H groups in total. The number of hydrogen-bond donors (Lipinski definition) is 1. The number of anilines is 1. The number of nitrogens with two attached hydrogens (primary N) is 1. The second-order valence-corrected chi connectivity index (χ2v) is 5.60. The summed E-state index contributed by atoms with van der Waals surface area (Å²) < 4.78 is 5.55. The van der Waals surface area contributed by atoms with E-state index in [2.05, 4.69) is 13.2 Å². The van der Waals surface area contributed by atoms with Crippen LogP contribution < -0.4 is 10.5 Å². The number of nitrogens with zero attached hydrogens (tertiary/aromatic N) is 1. The Morgan fingerprint density at radius 2 is 2.25 bits per heavy atom. The van der Waals surface area contributed by atoms with Gasteiger partial charge in [0.15, 0.2) is 0 Å². The zero-order valence-corrected chi connectivity index (χ0v) is 13.3. The second kappa shape index (κ2) is 8.74. The number of ether oxygens (including phenoxy) is 1. The van der Waals surface area contributed by atoms with Crippen molar-refractivity contribution in [1.82, 2.24) is 4.90 Å². The number of carbonyl (C=O) groups excluding carboxylic acids is 1. The monoisotopic (exact) mass is 296 g/mol. The number of nitrogen functional groups attached to an aromatic ring is 1. The van der Waals surface area contributed by atoms with Gasteiger partial charge in [-0.1, -0.05) is 13.0 Å². The van der Waals surface area contributed by atoms with Gasteiger partial charge in [-0.15, -0.1) is 0 Å². The van der Waals surface area contributed by atoms with Crippen LogP contribution in [0.25, 0.3) is 0 Å². The highest BCUT2D eigenvalue weighted by Gasteiger charge is 2.17. The Bertz CT molecular complexity index is 426. The first-order chi connectivity index (χ1) is 9.58. The molecule has 1 rings (SSSR count). The van der Waals surface area contributed by atoms with Crippen LogP contribution in [0.5, 0.6) is 5.75 Å². The van der Waals surface area contributed by atoms with E-state index in [0.29, 0.717) is 30.5 Å². The molecule has 1 amide bonds. The van der Waals surface area contributed by atoms with Gasteiger partial charge in [0.25, 0.3) is 0 Å². The maximum Gasteiger partial charge on any atom is 0.226 e. The van der Waals surface area contributed by atoms with Crippen LogP contribution >= 0.6 is 11.8 Å². The molecular weight excluding hydrogens is 272 g/mol. The molecule has 0 bridgehead atoms. The number of amides is 1. The molecule has 0 saturated carbocycles. The summed E-state index contributed by atoms with van der Waals surface area (Å²) in [5, 5.41) is 0. The Balaban J connectivity index is 2.39. The number of benzene rings is 1. The van der Waals surface area contributed by atoms with Crippen LogP contribution in [0.2, 0.25) is 0 Å². The molecule has 0 radical (unpaired) electrons. The first kappa shape index (κ1) is 16.7. The molecule has 20 heavy (non-hydrogen) atoms. The van der Waals surface area contributed by atoms with E-state index in [0.717, 1.165) is 12.2 Å². The van der Waals surface area contributed by atoms with E-state index < -0.39 is 0 Å². The van der Waals surface area contributed by atoms with Gasteiger partial charge in [0, 0.05) is 30.6 Å². The van der Waals surface area contributed by atoms with Crippen molar-refractivity contribution in [1.29, 1.82) is 0 Å². The second-order valence-electron chi connectivity index (χ2n) is 4.69. The molecular formula is C15H24N2O2S. The van der Waals surface area contributed by atoms with Crippen LogP contribution in [0.15, 0.2) is 24.3 Å². The van der Waals surface area contributed by atoms with Gasteiger partial charge < -0.3 is 15.4 Å². The van der Waals surface area contributed by atoms with Gasteiger partial charge in [-0.05, 0) is 24.8 Å². The van der Waals surface area contributed by atoms with Crippen molar-refractivity contribution in [3.63, 3.8) is 0 Å². The topological polar surface area (TPSA) is 55.6 Å². The van der Waals surface area contributed by atoms with Crippen LogP contribution in [-0.2, 0) is 4.79 Å². The lowest BCUT2D eigenvalue weighted by Gasteiger charge is -2.26. The quantitative estimate of drug-likeness (QED) is 0.749. The van der Waals surface area contributed by atoms with Gasteiger partial charge in [0.1, 0.15) is 5.75 Å². The predicted molar refractivity (Wildman–Crippen MR) is 86.2 cm³/mol. The molecule has 0 aromatic heterocycles. The van der Waals surface area contributed by atoms with Crippen LogP contribution in [-0.4, -0.2) is 42.5 Å². The Morgan fingerprint density at radius 3 is 2.85 bits per heavy atom. The van der Waals surface area contributed by atoms with Gasteiger partial charge in [0.2, 0.25) is 5.91 Å². The smallest absolute Gasteiger partial charge is 0.226 e. The molecule has 5 heteroatoms. The third-order valence-corrected chi connectivity index (χ3v) is 3.93. The molecule has 1 aromatic rings. The highest BCUT2D eigenvalue weighted by Crippen LogP contribution is 2.15. The minimum absolute atomic E-state index is 0.120. The molecule has 112 valence electrons. The van der Waals surface area contributed by atoms with Crippen molar-refractivity contribution in [2.75, 3.05) is 31.4 Å². The van der Waals surface area contributed by atoms with E-state index in [1.807, 2.05) is 24.1 Å². The van der Waals surface area contributed by atoms with Crippen molar-refractivity contribution in [3.05, 3.63) is 24.3 Å². The Kier molecular flexibility index (Phi) is 7.30. The van der Waals surface area contributed by atoms with Gasteiger partial charge in [-0.25, -0.2) is 0 Å². The van der Waals surface area contributed by atoms with Crippen molar-refractivity contribution in [2.45, 2.75) is 25.8 Å². The van der Waals surface area contributed by atoms with Crippen molar-refractivity contribution < 1.29 is 9.53 Å². The Hall–Kier alpha value is -1.36. The molecule has 4 nitrogen and oxygen atoms in total. The summed E-state index contributed by atoms with van der Waals surface area (Å²) in [4.78, 5) is 13.9. The van der Waals surface area contributed by atoms with E-state index in [-0.39, 0.29) is 5.91 Å². The van der Waals surface area contributed by atoms with E-state index in [4.69, 9.17) is 10.5 Å². The minimum atomic E-state index is 0.120. The fourth-order valence-electron chi connectivity index (χ4n) is 1.94. The maximum atomic E-state index is 12.1. The third-order valence-electron chi connectivity index (χ3n) is 3.21. The molecule has 0 aliphatic rings. The number of hydrogen-bond acceptors (Lipinski definition) is 4. The van der Waals surface area contributed by atoms with E-state index in [9.17, 15) is 4.79 Å². The standard InChI is InChI=1S/C15H24N2O2S/c1-4-13(11-20-3)17(2)15(18)8-9-19-14-7-5-6-12(16)10-14/h5-7,10,13H,4,8-9,11,16H2,1-3H3. The van der Waals surface area contributed by atoms with Gasteiger partial charge in [0.05, 0.1) is 13.0 Å². The van der Waals surface area contributed by atoms with Crippen LogP contribution in [0.1, 0.15) is 19.8 Å². The fourth-order valence-corrected chi connectivity index (χ4v) is 2.78. The SMILES string of the molecule is CCC(CSC)N(C)C(=O)CCOc1cccc(N)c1. The average molecular weight is 296 g/mol. The lowest BCUT2D eigenvalue weighted by molar-refractivity contribution is -0.132. The number of carbonyl (C=O) groups is 1. The summed E-state index contributed by atoms with van der Waals surface area (Å²) in [6.07, 6.45) is 3.42. The molecule has 1 atom stereocenters. The predicted octanol–water partition coefficient (Wildman–Crippen LogP) is 2.64. The van der Waals surface area contributed by atoms with Crippen LogP contribution in [0.4, 0.5) is 5.69 Å². The third kappa shape index (κ3) is 5.33. The lowest BCUT2D eigenvalue weighted by atomic mass is 10.2. The average Bonchev–Trinajstić information content (AvgIpc) is 2.44. The zero-order valence-electron chi connectivity index (χ0n) is 12.5. The molecule has 0 spiro atoms. The van der Waals surface area contributed by atoms with Crippen molar-refractivity contribution in [2.24, 2.45) is 0 Å². The highest BCUT2D eigenvalue weighted by atomic mass is 32.2. The van der Waals surface area contributed by atoms with Crippen LogP contribution in [0.3, 0.4) is 0 Å². The summed E-state index contributed by atoms with van der Waals surface area (Å²) in [6, 6.07) is 7.54. The molecule has 1 aromatic carbocycles. The summed E-state index contributed by atoms with van der Waals surface area (Å²) in [7, 11) is 1.87. The van der Waals surface area contributed by atoms with Gasteiger partial charge in [-0.3, -0.25) is 4.79 Å². The summed E-state index contributed by atoms with van der Waals surface area (Å²) in [5.74, 6) is 1.79. The van der Waals surface area contributed by atoms with Crippen molar-refractivity contribution in [3.8, 4) is 5.75 Å². The molecule has 0 aliphatic heterocycles.